The van der Waals surface area contributed by atoms with Gasteiger partial charge in [-0.2, -0.15) is 4.31 Å². The number of amidine groups is 2. The van der Waals surface area contributed by atoms with E-state index in [9.17, 15) is 8.42 Å². The minimum absolute atomic E-state index is 0.0238. The Hall–Kier alpha value is -3.89. The molecule has 0 amide bonds. The van der Waals surface area contributed by atoms with Gasteiger partial charge in [-0.05, 0) is 86.3 Å². The maximum Gasteiger partial charge on any atom is 0.243 e. The lowest BCUT2D eigenvalue weighted by molar-refractivity contribution is 0.235. The summed E-state index contributed by atoms with van der Waals surface area (Å²) in [7, 11) is -3.80. The van der Waals surface area contributed by atoms with E-state index in [1.165, 1.54) is 4.31 Å². The fraction of sp³-hybridized carbons (Fsp3) is 0.286. The lowest BCUT2D eigenvalue weighted by atomic mass is 10.1. The number of nitrogens with zero attached hydrogens (tertiary/aromatic N) is 1. The van der Waals surface area contributed by atoms with Crippen molar-refractivity contribution in [1.82, 2.24) is 4.31 Å². The number of sulfonamides is 1. The van der Waals surface area contributed by atoms with Gasteiger partial charge in [0.15, 0.2) is 0 Å². The lowest BCUT2D eigenvalue weighted by Gasteiger charge is -2.24. The zero-order chi connectivity index (χ0) is 28.0. The predicted molar refractivity (Wildman–Crippen MR) is 150 cm³/mol. The molecule has 0 aliphatic heterocycles. The minimum atomic E-state index is -3.80. The molecule has 0 unspecified atom stereocenters. The van der Waals surface area contributed by atoms with Crippen LogP contribution in [0.4, 0.5) is 0 Å². The van der Waals surface area contributed by atoms with Crippen LogP contribution in [0.3, 0.4) is 0 Å². The molecule has 0 atom stereocenters. The van der Waals surface area contributed by atoms with Gasteiger partial charge in [0, 0.05) is 24.2 Å². The molecule has 6 N–H and O–H groups in total. The Kier molecular flexibility index (Phi) is 9.13. The second kappa shape index (κ2) is 12.1. The van der Waals surface area contributed by atoms with Gasteiger partial charge in [-0.3, -0.25) is 10.8 Å². The van der Waals surface area contributed by atoms with Crippen LogP contribution in [0, 0.1) is 38.5 Å². The van der Waals surface area contributed by atoms with Crippen LogP contribution < -0.4 is 20.9 Å². The Morgan fingerprint density at radius 3 is 1.45 bits per heavy atom. The van der Waals surface area contributed by atoms with Crippen molar-refractivity contribution in [3.05, 3.63) is 88.0 Å². The molecule has 0 heterocycles. The summed E-state index contributed by atoms with van der Waals surface area (Å²) in [6, 6.07) is 15.4. The van der Waals surface area contributed by atoms with Gasteiger partial charge in [-0.15, -0.1) is 0 Å². The number of aryl methyl sites for hydroxylation is 4. The first-order chi connectivity index (χ1) is 17.9. The van der Waals surface area contributed by atoms with Crippen molar-refractivity contribution in [2.75, 3.05) is 26.3 Å². The molecule has 0 aromatic heterocycles. The van der Waals surface area contributed by atoms with Gasteiger partial charge in [0.05, 0.1) is 4.90 Å². The van der Waals surface area contributed by atoms with Crippen molar-refractivity contribution in [1.29, 1.82) is 10.8 Å². The third-order valence-electron chi connectivity index (χ3n) is 6.10. The average Bonchev–Trinajstić information content (AvgIpc) is 2.86. The average molecular weight is 538 g/mol. The molecule has 0 radical (unpaired) electrons. The van der Waals surface area contributed by atoms with E-state index in [1.807, 2.05) is 27.7 Å². The van der Waals surface area contributed by atoms with Crippen molar-refractivity contribution in [2.45, 2.75) is 32.6 Å². The highest BCUT2D eigenvalue weighted by Crippen LogP contribution is 2.26. The molecule has 0 saturated carbocycles. The van der Waals surface area contributed by atoms with Gasteiger partial charge in [-0.25, -0.2) is 8.42 Å². The van der Waals surface area contributed by atoms with Crippen molar-refractivity contribution in [2.24, 2.45) is 11.5 Å². The number of hydrogen-bond acceptors (Lipinski definition) is 6. The predicted octanol–water partition coefficient (Wildman–Crippen LogP) is 3.64. The molecule has 10 heteroatoms. The molecule has 38 heavy (non-hydrogen) atoms. The molecule has 202 valence electrons. The summed E-state index contributed by atoms with van der Waals surface area (Å²) in [4.78, 5) is 0.191. The van der Waals surface area contributed by atoms with Gasteiger partial charge >= 0.3 is 0 Å². The molecular formula is C28H35N5O4S. The summed E-state index contributed by atoms with van der Waals surface area (Å²) in [5.41, 5.74) is 15.7. The maximum absolute atomic E-state index is 13.5. The Morgan fingerprint density at radius 1 is 0.737 bits per heavy atom. The van der Waals surface area contributed by atoms with Gasteiger partial charge in [0.2, 0.25) is 10.0 Å². The van der Waals surface area contributed by atoms with Crippen LogP contribution in [0.5, 0.6) is 11.5 Å². The first-order valence-corrected chi connectivity index (χ1v) is 13.6. The topological polar surface area (TPSA) is 156 Å². The third-order valence-corrected chi connectivity index (χ3v) is 8.01. The summed E-state index contributed by atoms with van der Waals surface area (Å²) in [5, 5.41) is 15.3. The highest BCUT2D eigenvalue weighted by Gasteiger charge is 2.25. The Balaban J connectivity index is 1.77. The molecule has 3 rings (SSSR count). The second-order valence-corrected chi connectivity index (χ2v) is 11.1. The van der Waals surface area contributed by atoms with Crippen LogP contribution in [-0.2, 0) is 10.0 Å². The zero-order valence-electron chi connectivity index (χ0n) is 22.2. The van der Waals surface area contributed by atoms with E-state index in [-0.39, 0.29) is 42.9 Å². The first-order valence-electron chi connectivity index (χ1n) is 12.1. The molecule has 0 aliphatic carbocycles. The number of ether oxygens (including phenoxy) is 2. The molecule has 0 saturated heterocycles. The molecule has 9 nitrogen and oxygen atoms in total. The molecule has 0 spiro atoms. The number of rotatable bonds is 12. The van der Waals surface area contributed by atoms with Crippen LogP contribution in [0.2, 0.25) is 0 Å². The van der Waals surface area contributed by atoms with Crippen LogP contribution >= 0.6 is 0 Å². The number of benzene rings is 3. The van der Waals surface area contributed by atoms with Crippen molar-refractivity contribution in [3.8, 4) is 11.5 Å². The van der Waals surface area contributed by atoms with E-state index in [2.05, 4.69) is 0 Å². The van der Waals surface area contributed by atoms with Crippen molar-refractivity contribution >= 4 is 21.7 Å². The van der Waals surface area contributed by atoms with E-state index in [0.717, 1.165) is 22.3 Å². The van der Waals surface area contributed by atoms with E-state index in [1.54, 1.807) is 54.6 Å². The largest absolute Gasteiger partial charge is 0.492 e. The smallest absolute Gasteiger partial charge is 0.243 e. The van der Waals surface area contributed by atoms with Crippen LogP contribution in [0.1, 0.15) is 33.4 Å². The van der Waals surface area contributed by atoms with Gasteiger partial charge in [0.1, 0.15) is 36.4 Å². The van der Waals surface area contributed by atoms with Crippen LogP contribution in [-0.4, -0.2) is 50.7 Å². The summed E-state index contributed by atoms with van der Waals surface area (Å²) in [6.07, 6.45) is 0. The number of nitrogens with two attached hydrogens (primary N) is 2. The Bertz CT molecular complexity index is 1320. The van der Waals surface area contributed by atoms with Gasteiger partial charge in [0.25, 0.3) is 0 Å². The fourth-order valence-corrected chi connectivity index (χ4v) is 5.69. The molecular weight excluding hydrogens is 502 g/mol. The quantitative estimate of drug-likeness (QED) is 0.204. The van der Waals surface area contributed by atoms with E-state index >= 15 is 0 Å². The number of nitrogen functional groups attached to an aromatic ring is 2. The SMILES string of the molecule is Cc1cc(C(=N)N)cc(C)c1OCCN(CCOc1c(C)cc(C(=N)N)cc1C)S(=O)(=O)c1ccccc1. The monoisotopic (exact) mass is 537 g/mol. The van der Waals surface area contributed by atoms with E-state index < -0.39 is 10.0 Å². The zero-order valence-corrected chi connectivity index (χ0v) is 23.0. The lowest BCUT2D eigenvalue weighted by Crippen LogP contribution is -2.37. The number of hydrogen-bond donors (Lipinski definition) is 4. The molecule has 0 fully saturated rings. The highest BCUT2D eigenvalue weighted by molar-refractivity contribution is 7.89. The third kappa shape index (κ3) is 6.70. The van der Waals surface area contributed by atoms with E-state index in [0.29, 0.717) is 22.6 Å². The molecule has 3 aromatic rings. The van der Waals surface area contributed by atoms with Crippen LogP contribution in [0.25, 0.3) is 0 Å². The molecule has 0 aliphatic rings. The molecule has 0 bridgehead atoms. The van der Waals surface area contributed by atoms with Crippen molar-refractivity contribution in [3.63, 3.8) is 0 Å². The van der Waals surface area contributed by atoms with Gasteiger partial charge in [-0.1, -0.05) is 18.2 Å². The summed E-state index contributed by atoms with van der Waals surface area (Å²) >= 11 is 0. The maximum atomic E-state index is 13.5. The second-order valence-electron chi connectivity index (χ2n) is 9.12. The molecule has 3 aromatic carbocycles. The van der Waals surface area contributed by atoms with Crippen LogP contribution in [0.15, 0.2) is 59.5 Å². The van der Waals surface area contributed by atoms with E-state index in [4.69, 9.17) is 31.8 Å². The Labute approximate surface area is 224 Å². The summed E-state index contributed by atoms with van der Waals surface area (Å²) in [5.74, 6) is 1.23. The minimum Gasteiger partial charge on any atom is -0.492 e. The standard InChI is InChI=1S/C28H35N5O4S/c1-18-14-22(27(29)30)15-19(2)25(18)36-12-10-33(38(34,35)24-8-6-5-7-9-24)11-13-37-26-20(3)16-23(28(31)32)17-21(26)4/h5-9,14-17H,10-13H2,1-4H3,(H3,29,30)(H3,31,32). The van der Waals surface area contributed by atoms with Crippen molar-refractivity contribution < 1.29 is 17.9 Å². The van der Waals surface area contributed by atoms with Gasteiger partial charge < -0.3 is 20.9 Å². The normalized spacial score (nSPS) is 11.4. The highest BCUT2D eigenvalue weighted by atomic mass is 32.2. The fourth-order valence-electron chi connectivity index (χ4n) is 4.26. The Morgan fingerprint density at radius 2 is 1.11 bits per heavy atom. The summed E-state index contributed by atoms with van der Waals surface area (Å²) in [6.45, 7) is 7.92. The first kappa shape index (κ1) is 28.7. The summed E-state index contributed by atoms with van der Waals surface area (Å²) < 4.78 is 40.3. The number of nitrogens with one attached hydrogen (secondary N) is 2.